The van der Waals surface area contributed by atoms with Crippen molar-refractivity contribution in [2.75, 3.05) is 46.2 Å². The summed E-state index contributed by atoms with van der Waals surface area (Å²) in [5.74, 6) is 0.0461. The molecule has 0 fully saturated rings. The minimum atomic E-state index is -2.87. The Kier molecular flexibility index (Phi) is 16.0. The first-order valence-corrected chi connectivity index (χ1v) is 16.0. The molecule has 0 saturated carbocycles. The van der Waals surface area contributed by atoms with Crippen LogP contribution in [0.5, 0.6) is 0 Å². The first kappa shape index (κ1) is 32.1. The highest BCUT2D eigenvalue weighted by molar-refractivity contribution is 6.62. The molecule has 10 heteroatoms. The van der Waals surface area contributed by atoms with Gasteiger partial charge in [0.25, 0.3) is 0 Å². The summed E-state index contributed by atoms with van der Waals surface area (Å²) in [6, 6.07) is 0. The number of hydrogen-bond acceptors (Lipinski definition) is 8. The third-order valence-electron chi connectivity index (χ3n) is 5.88. The van der Waals surface area contributed by atoms with Crippen LogP contribution in [0.15, 0.2) is 0 Å². The molecule has 32 heavy (non-hydrogen) atoms. The first-order chi connectivity index (χ1) is 15.1. The molecule has 4 N–H and O–H groups in total. The van der Waals surface area contributed by atoms with Gasteiger partial charge in [-0.05, 0) is 73.8 Å². The van der Waals surface area contributed by atoms with E-state index in [-0.39, 0.29) is 17.0 Å². The maximum absolute atomic E-state index is 6.94. The Morgan fingerprint density at radius 3 is 1.25 bits per heavy atom. The van der Waals surface area contributed by atoms with Crippen molar-refractivity contribution in [3.63, 3.8) is 0 Å². The molecule has 0 saturated heterocycles. The molecule has 0 rings (SSSR count). The van der Waals surface area contributed by atoms with Crippen molar-refractivity contribution in [1.82, 2.24) is 0 Å². The lowest BCUT2D eigenvalue weighted by molar-refractivity contribution is 0.0524. The van der Waals surface area contributed by atoms with Crippen LogP contribution in [0.4, 0.5) is 0 Å². The van der Waals surface area contributed by atoms with Gasteiger partial charge in [-0.15, -0.1) is 0 Å². The average molecular weight is 497 g/mol. The van der Waals surface area contributed by atoms with Gasteiger partial charge in [0.2, 0.25) is 0 Å². The molecule has 0 aliphatic rings. The summed E-state index contributed by atoms with van der Waals surface area (Å²) in [4.78, 5) is 0. The summed E-state index contributed by atoms with van der Waals surface area (Å²) in [7, 11) is -5.72. The second-order valence-electron chi connectivity index (χ2n) is 8.49. The summed E-state index contributed by atoms with van der Waals surface area (Å²) in [6.45, 7) is 21.9. The fourth-order valence-corrected chi connectivity index (χ4v) is 10.4. The van der Waals surface area contributed by atoms with Crippen molar-refractivity contribution in [1.29, 1.82) is 0 Å². The van der Waals surface area contributed by atoms with E-state index in [0.717, 1.165) is 6.42 Å². The highest BCUT2D eigenvalue weighted by atomic mass is 28.4. The van der Waals surface area contributed by atoms with Gasteiger partial charge in [0.1, 0.15) is 0 Å². The second kappa shape index (κ2) is 15.9. The molecular formula is C22H52N2O6Si2. The normalized spacial score (nSPS) is 17.7. The summed E-state index contributed by atoms with van der Waals surface area (Å²) in [5, 5.41) is 0. The number of nitrogens with two attached hydrogens (primary N) is 2. The SMILES string of the molecule is CCO[Si](OCC)(OCC)C(C)CC(CN)C(C)(N)CC(C)[Si](OCC)(OCC)OCC. The fourth-order valence-electron chi connectivity index (χ4n) is 4.47. The van der Waals surface area contributed by atoms with Crippen molar-refractivity contribution in [3.8, 4) is 0 Å². The minimum absolute atomic E-state index is 0.0365. The van der Waals surface area contributed by atoms with Crippen molar-refractivity contribution in [2.24, 2.45) is 17.4 Å². The van der Waals surface area contributed by atoms with E-state index in [0.29, 0.717) is 52.6 Å². The van der Waals surface area contributed by atoms with E-state index in [9.17, 15) is 0 Å². The number of hydrogen-bond donors (Lipinski definition) is 2. The lowest BCUT2D eigenvalue weighted by Gasteiger charge is -2.42. The molecule has 4 unspecified atom stereocenters. The predicted octanol–water partition coefficient (Wildman–Crippen LogP) is 3.94. The zero-order chi connectivity index (χ0) is 24.8. The molecule has 0 heterocycles. The molecule has 0 amide bonds. The van der Waals surface area contributed by atoms with Gasteiger partial charge in [-0.25, -0.2) is 0 Å². The fraction of sp³-hybridized carbons (Fsp3) is 1.00. The van der Waals surface area contributed by atoms with Gasteiger partial charge in [-0.1, -0.05) is 13.8 Å². The van der Waals surface area contributed by atoms with E-state index >= 15 is 0 Å². The monoisotopic (exact) mass is 496 g/mol. The molecule has 0 aromatic carbocycles. The lowest BCUT2D eigenvalue weighted by Crippen LogP contribution is -2.56. The summed E-state index contributed by atoms with van der Waals surface area (Å²) >= 11 is 0. The highest BCUT2D eigenvalue weighted by Gasteiger charge is 2.51. The molecule has 0 aliphatic heterocycles. The Hall–Kier alpha value is 0.114. The largest absolute Gasteiger partial charge is 0.503 e. The molecule has 8 nitrogen and oxygen atoms in total. The lowest BCUT2D eigenvalue weighted by atomic mass is 9.80. The zero-order valence-electron chi connectivity index (χ0n) is 22.2. The minimum Gasteiger partial charge on any atom is -0.374 e. The summed E-state index contributed by atoms with van der Waals surface area (Å²) < 4.78 is 36.7. The smallest absolute Gasteiger partial charge is 0.374 e. The Labute approximate surface area is 199 Å². The molecule has 0 aromatic heterocycles. The van der Waals surface area contributed by atoms with Gasteiger partial charge < -0.3 is 38.0 Å². The molecular weight excluding hydrogens is 444 g/mol. The van der Waals surface area contributed by atoms with E-state index in [2.05, 4.69) is 20.8 Å². The second-order valence-corrected chi connectivity index (χ2v) is 14.6. The van der Waals surface area contributed by atoms with Gasteiger partial charge in [-0.2, -0.15) is 0 Å². The predicted molar refractivity (Wildman–Crippen MR) is 134 cm³/mol. The molecule has 0 aromatic rings. The standard InChI is InChI=1S/C22H52N2O6Si2/c1-10-25-31(26-11-2,27-12-3)19(7)16-21(18-23)22(9,24)17-20(8)32(28-13-4,29-14-5)30-15-6/h19-21H,10-18,23-24H2,1-9H3. The molecule has 0 bridgehead atoms. The van der Waals surface area contributed by atoms with Crippen LogP contribution in [0.25, 0.3) is 0 Å². The van der Waals surface area contributed by atoms with E-state index in [1.807, 2.05) is 41.5 Å². The van der Waals surface area contributed by atoms with Crippen molar-refractivity contribution >= 4 is 17.6 Å². The Morgan fingerprint density at radius 1 is 0.656 bits per heavy atom. The van der Waals surface area contributed by atoms with E-state index < -0.39 is 23.1 Å². The maximum Gasteiger partial charge on any atom is 0.503 e. The molecule has 0 aliphatic carbocycles. The van der Waals surface area contributed by atoms with E-state index in [1.165, 1.54) is 0 Å². The van der Waals surface area contributed by atoms with E-state index in [1.54, 1.807) is 0 Å². The number of rotatable bonds is 20. The Bertz CT molecular complexity index is 453. The van der Waals surface area contributed by atoms with Crippen LogP contribution in [0.3, 0.4) is 0 Å². The van der Waals surface area contributed by atoms with Crippen LogP contribution in [-0.2, 0) is 26.6 Å². The van der Waals surface area contributed by atoms with Crippen molar-refractivity contribution < 1.29 is 26.6 Å². The van der Waals surface area contributed by atoms with Crippen molar-refractivity contribution in [2.45, 2.75) is 91.8 Å². The third kappa shape index (κ3) is 9.05. The van der Waals surface area contributed by atoms with Gasteiger partial charge in [-0.3, -0.25) is 0 Å². The van der Waals surface area contributed by atoms with Gasteiger partial charge >= 0.3 is 17.6 Å². The maximum atomic E-state index is 6.94. The molecule has 4 atom stereocenters. The van der Waals surface area contributed by atoms with Gasteiger partial charge in [0.15, 0.2) is 0 Å². The van der Waals surface area contributed by atoms with Crippen LogP contribution in [0.2, 0.25) is 11.1 Å². The van der Waals surface area contributed by atoms with Crippen LogP contribution in [0.1, 0.15) is 75.2 Å². The van der Waals surface area contributed by atoms with Crippen LogP contribution in [0, 0.1) is 5.92 Å². The Balaban J connectivity index is 5.70. The van der Waals surface area contributed by atoms with Gasteiger partial charge in [0, 0.05) is 56.3 Å². The molecule has 194 valence electrons. The van der Waals surface area contributed by atoms with Crippen LogP contribution >= 0.6 is 0 Å². The molecule has 0 radical (unpaired) electrons. The topological polar surface area (TPSA) is 107 Å². The highest BCUT2D eigenvalue weighted by Crippen LogP contribution is 2.39. The third-order valence-corrected chi connectivity index (χ3v) is 12.9. The zero-order valence-corrected chi connectivity index (χ0v) is 24.2. The quantitative estimate of drug-likeness (QED) is 0.244. The average Bonchev–Trinajstić information content (AvgIpc) is 2.72. The van der Waals surface area contributed by atoms with Crippen molar-refractivity contribution in [3.05, 3.63) is 0 Å². The van der Waals surface area contributed by atoms with Gasteiger partial charge in [0.05, 0.1) is 0 Å². The van der Waals surface area contributed by atoms with Crippen LogP contribution in [-0.4, -0.2) is 69.3 Å². The summed E-state index contributed by atoms with van der Waals surface area (Å²) in [5.41, 5.74) is 12.8. The summed E-state index contributed by atoms with van der Waals surface area (Å²) in [6.07, 6.45) is 1.44. The first-order valence-electron chi connectivity index (χ1n) is 12.4. The van der Waals surface area contributed by atoms with E-state index in [4.69, 9.17) is 38.0 Å². The Morgan fingerprint density at radius 2 is 0.969 bits per heavy atom. The molecule has 0 spiro atoms. The van der Waals surface area contributed by atoms with Crippen LogP contribution < -0.4 is 11.5 Å².